The molecule has 2 heterocycles. The summed E-state index contributed by atoms with van der Waals surface area (Å²) in [6.07, 6.45) is 5.62. The Bertz CT molecular complexity index is 232. The van der Waals surface area contributed by atoms with E-state index in [4.69, 9.17) is 9.84 Å². The molecule has 0 spiro atoms. The molecule has 0 aromatic carbocycles. The van der Waals surface area contributed by atoms with Crippen LogP contribution in [0.4, 0.5) is 0 Å². The Morgan fingerprint density at radius 2 is 2.25 bits per heavy atom. The molecule has 0 bridgehead atoms. The number of hydrogen-bond acceptors (Lipinski definition) is 3. The summed E-state index contributed by atoms with van der Waals surface area (Å²) >= 11 is 0. The van der Waals surface area contributed by atoms with Gasteiger partial charge in [0.1, 0.15) is 0 Å². The van der Waals surface area contributed by atoms with E-state index in [2.05, 4.69) is 4.90 Å². The molecule has 4 nitrogen and oxygen atoms in total. The standard InChI is InChI=1S/C12H21NO3/c14-12(15)7-10-8-13(9-10)5-1-3-11-4-2-6-16-11/h10-11H,1-9H2,(H,14,15). The largest absolute Gasteiger partial charge is 0.481 e. The lowest BCUT2D eigenvalue weighted by Crippen LogP contribution is -2.47. The predicted octanol–water partition coefficient (Wildman–Crippen LogP) is 1.35. The van der Waals surface area contributed by atoms with Gasteiger partial charge in [-0.25, -0.2) is 0 Å². The lowest BCUT2D eigenvalue weighted by atomic mass is 9.96. The summed E-state index contributed by atoms with van der Waals surface area (Å²) in [7, 11) is 0. The van der Waals surface area contributed by atoms with Crippen molar-refractivity contribution in [3.8, 4) is 0 Å². The fourth-order valence-corrected chi connectivity index (χ4v) is 2.65. The van der Waals surface area contributed by atoms with E-state index in [1.165, 1.54) is 25.7 Å². The number of ether oxygens (including phenoxy) is 1. The van der Waals surface area contributed by atoms with Crippen LogP contribution in [-0.4, -0.2) is 48.3 Å². The summed E-state index contributed by atoms with van der Waals surface area (Å²) < 4.78 is 5.56. The Hall–Kier alpha value is -0.610. The van der Waals surface area contributed by atoms with Gasteiger partial charge in [0.15, 0.2) is 0 Å². The van der Waals surface area contributed by atoms with Crippen LogP contribution >= 0.6 is 0 Å². The van der Waals surface area contributed by atoms with Gasteiger partial charge in [-0.3, -0.25) is 4.79 Å². The highest BCUT2D eigenvalue weighted by Crippen LogP contribution is 2.21. The van der Waals surface area contributed by atoms with Gasteiger partial charge in [-0.2, -0.15) is 0 Å². The van der Waals surface area contributed by atoms with E-state index in [0.717, 1.165) is 26.2 Å². The summed E-state index contributed by atoms with van der Waals surface area (Å²) in [4.78, 5) is 12.8. The third-order valence-corrected chi connectivity index (χ3v) is 3.52. The molecule has 16 heavy (non-hydrogen) atoms. The van der Waals surface area contributed by atoms with Crippen LogP contribution in [0.15, 0.2) is 0 Å². The summed E-state index contributed by atoms with van der Waals surface area (Å²) in [5, 5.41) is 8.62. The second-order valence-electron chi connectivity index (χ2n) is 5.00. The number of nitrogens with zero attached hydrogens (tertiary/aromatic N) is 1. The molecule has 1 unspecified atom stereocenters. The molecule has 2 rings (SSSR count). The third-order valence-electron chi connectivity index (χ3n) is 3.52. The number of hydrogen-bond donors (Lipinski definition) is 1. The summed E-state index contributed by atoms with van der Waals surface area (Å²) in [6.45, 7) is 3.99. The van der Waals surface area contributed by atoms with E-state index in [9.17, 15) is 4.79 Å². The van der Waals surface area contributed by atoms with E-state index in [0.29, 0.717) is 18.4 Å². The first kappa shape index (κ1) is 11.9. The Morgan fingerprint density at radius 1 is 1.44 bits per heavy atom. The van der Waals surface area contributed by atoms with Crippen LogP contribution in [0.5, 0.6) is 0 Å². The first-order chi connectivity index (χ1) is 7.74. The minimum atomic E-state index is -0.663. The van der Waals surface area contributed by atoms with Crippen molar-refractivity contribution in [3.05, 3.63) is 0 Å². The number of carbonyl (C=O) groups is 1. The summed E-state index contributed by atoms with van der Waals surface area (Å²) in [5.41, 5.74) is 0. The number of rotatable bonds is 6. The zero-order valence-corrected chi connectivity index (χ0v) is 9.73. The molecule has 0 amide bonds. The van der Waals surface area contributed by atoms with E-state index >= 15 is 0 Å². The lowest BCUT2D eigenvalue weighted by molar-refractivity contribution is -0.139. The molecule has 0 radical (unpaired) electrons. The Kier molecular flexibility index (Phi) is 4.18. The van der Waals surface area contributed by atoms with Gasteiger partial charge in [0, 0.05) is 19.7 Å². The molecule has 0 saturated carbocycles. The maximum atomic E-state index is 10.5. The fraction of sp³-hybridized carbons (Fsp3) is 0.917. The van der Waals surface area contributed by atoms with Gasteiger partial charge < -0.3 is 14.7 Å². The monoisotopic (exact) mass is 227 g/mol. The van der Waals surface area contributed by atoms with Gasteiger partial charge in [0.25, 0.3) is 0 Å². The molecule has 4 heteroatoms. The Morgan fingerprint density at radius 3 is 2.88 bits per heavy atom. The van der Waals surface area contributed by atoms with Crippen molar-refractivity contribution in [1.82, 2.24) is 4.90 Å². The van der Waals surface area contributed by atoms with Crippen molar-refractivity contribution in [2.24, 2.45) is 5.92 Å². The molecule has 92 valence electrons. The van der Waals surface area contributed by atoms with Crippen molar-refractivity contribution in [1.29, 1.82) is 0 Å². The van der Waals surface area contributed by atoms with Crippen LogP contribution < -0.4 is 0 Å². The van der Waals surface area contributed by atoms with E-state index < -0.39 is 5.97 Å². The van der Waals surface area contributed by atoms with Gasteiger partial charge in [0.2, 0.25) is 0 Å². The third kappa shape index (κ3) is 3.46. The molecule has 0 aromatic heterocycles. The van der Waals surface area contributed by atoms with Gasteiger partial charge >= 0.3 is 5.97 Å². The molecule has 1 atom stereocenters. The molecule has 2 aliphatic heterocycles. The van der Waals surface area contributed by atoms with Crippen LogP contribution in [0.25, 0.3) is 0 Å². The maximum absolute atomic E-state index is 10.5. The molecule has 1 N–H and O–H groups in total. The number of carboxylic acid groups (broad SMARTS) is 1. The quantitative estimate of drug-likeness (QED) is 0.744. The zero-order valence-electron chi connectivity index (χ0n) is 9.73. The van der Waals surface area contributed by atoms with Crippen LogP contribution in [0.1, 0.15) is 32.1 Å². The highest BCUT2D eigenvalue weighted by atomic mass is 16.5. The topological polar surface area (TPSA) is 49.8 Å². The lowest BCUT2D eigenvalue weighted by Gasteiger charge is -2.38. The SMILES string of the molecule is O=C(O)CC1CN(CCCC2CCCO2)C1. The van der Waals surface area contributed by atoms with E-state index in [1.807, 2.05) is 0 Å². The number of aliphatic carboxylic acids is 1. The summed E-state index contributed by atoms with van der Waals surface area (Å²) in [5.74, 6) is -0.274. The van der Waals surface area contributed by atoms with Crippen molar-refractivity contribution in [3.63, 3.8) is 0 Å². The molecule has 2 fully saturated rings. The number of likely N-dealkylation sites (tertiary alicyclic amines) is 1. The van der Waals surface area contributed by atoms with Gasteiger partial charge in [-0.05, 0) is 38.1 Å². The smallest absolute Gasteiger partial charge is 0.303 e. The van der Waals surface area contributed by atoms with Crippen molar-refractivity contribution in [2.75, 3.05) is 26.2 Å². The minimum Gasteiger partial charge on any atom is -0.481 e. The van der Waals surface area contributed by atoms with E-state index in [1.54, 1.807) is 0 Å². The van der Waals surface area contributed by atoms with Gasteiger partial charge in [0.05, 0.1) is 12.5 Å². The number of carboxylic acids is 1. The molecule has 2 saturated heterocycles. The van der Waals surface area contributed by atoms with E-state index in [-0.39, 0.29) is 0 Å². The zero-order chi connectivity index (χ0) is 11.4. The predicted molar refractivity (Wildman–Crippen MR) is 60.4 cm³/mol. The van der Waals surface area contributed by atoms with Crippen LogP contribution in [-0.2, 0) is 9.53 Å². The second-order valence-corrected chi connectivity index (χ2v) is 5.00. The van der Waals surface area contributed by atoms with Gasteiger partial charge in [-0.1, -0.05) is 0 Å². The molecule has 0 aromatic rings. The van der Waals surface area contributed by atoms with Crippen LogP contribution in [0.3, 0.4) is 0 Å². The second kappa shape index (κ2) is 5.64. The minimum absolute atomic E-state index is 0.336. The highest BCUT2D eigenvalue weighted by molar-refractivity contribution is 5.67. The van der Waals surface area contributed by atoms with Gasteiger partial charge in [-0.15, -0.1) is 0 Å². The first-order valence-electron chi connectivity index (χ1n) is 6.30. The molecule has 0 aliphatic carbocycles. The average molecular weight is 227 g/mol. The maximum Gasteiger partial charge on any atom is 0.303 e. The Labute approximate surface area is 96.6 Å². The van der Waals surface area contributed by atoms with Crippen LogP contribution in [0.2, 0.25) is 0 Å². The molecular formula is C12H21NO3. The van der Waals surface area contributed by atoms with Crippen molar-refractivity contribution >= 4 is 5.97 Å². The normalized spacial score (nSPS) is 26.9. The molecular weight excluding hydrogens is 206 g/mol. The van der Waals surface area contributed by atoms with Crippen LogP contribution in [0, 0.1) is 5.92 Å². The van der Waals surface area contributed by atoms with Crippen molar-refractivity contribution < 1.29 is 14.6 Å². The first-order valence-corrected chi connectivity index (χ1v) is 6.30. The van der Waals surface area contributed by atoms with Crippen molar-refractivity contribution in [2.45, 2.75) is 38.2 Å². The highest BCUT2D eigenvalue weighted by Gasteiger charge is 2.28. The average Bonchev–Trinajstić information content (AvgIpc) is 2.65. The molecule has 2 aliphatic rings. The summed E-state index contributed by atoms with van der Waals surface area (Å²) in [6, 6.07) is 0. The Balaban J connectivity index is 1.48. The fourth-order valence-electron chi connectivity index (χ4n) is 2.65.